The third-order valence-corrected chi connectivity index (χ3v) is 9.14. The Morgan fingerprint density at radius 2 is 1.75 bits per heavy atom. The van der Waals surface area contributed by atoms with Crippen molar-refractivity contribution in [2.45, 2.75) is 26.4 Å². The summed E-state index contributed by atoms with van der Waals surface area (Å²) in [6.45, 7) is 2.02. The molecule has 8 nitrogen and oxygen atoms in total. The number of carbonyl (C=O) groups excluding carboxylic acids is 1. The van der Waals surface area contributed by atoms with Crippen LogP contribution in [0, 0.1) is 18.6 Å². The van der Waals surface area contributed by atoms with Crippen LogP contribution < -0.4 is 19.7 Å². The highest BCUT2D eigenvalue weighted by Crippen LogP contribution is 2.40. The molecule has 0 saturated carbocycles. The number of thiophene rings is 1. The molecule has 1 saturated heterocycles. The van der Waals surface area contributed by atoms with Crippen molar-refractivity contribution in [3.8, 4) is 17.0 Å². The maximum Gasteiger partial charge on any atom is 0.282 e. The van der Waals surface area contributed by atoms with Gasteiger partial charge in [-0.2, -0.15) is 0 Å². The maximum atomic E-state index is 13.8. The normalized spacial score (nSPS) is 14.2. The fraction of sp³-hybridized carbons (Fsp3) is 0.241. The monoisotopic (exact) mass is 668 g/mol. The number of benzene rings is 2. The molecule has 0 aliphatic carbocycles. The molecule has 5 rings (SSSR count). The van der Waals surface area contributed by atoms with Crippen molar-refractivity contribution in [3.05, 3.63) is 86.7 Å². The van der Waals surface area contributed by atoms with Crippen molar-refractivity contribution >= 4 is 55.9 Å². The van der Waals surface area contributed by atoms with Crippen molar-refractivity contribution < 1.29 is 35.5 Å². The molecular weight excluding hydrogens is 644 g/mol. The van der Waals surface area contributed by atoms with Gasteiger partial charge < -0.3 is 15.0 Å². The van der Waals surface area contributed by atoms with Gasteiger partial charge in [-0.05, 0) is 55.8 Å². The smallest absolute Gasteiger partial charge is 0.282 e. The minimum absolute atomic E-state index is 0.150. The van der Waals surface area contributed by atoms with E-state index in [4.69, 9.17) is 16.3 Å². The highest BCUT2D eigenvalue weighted by molar-refractivity contribution is 7.92. The number of halogens is 5. The molecule has 0 spiro atoms. The van der Waals surface area contributed by atoms with Crippen molar-refractivity contribution in [1.82, 2.24) is 4.98 Å². The Balaban J connectivity index is 1.42. The lowest BCUT2D eigenvalue weighted by molar-refractivity contribution is -0.0263. The number of nitrogens with one attached hydrogen (secondary N) is 2. The topological polar surface area (TPSA) is 101 Å². The van der Waals surface area contributed by atoms with Gasteiger partial charge in [0.1, 0.15) is 29.7 Å². The molecule has 1 amide bonds. The van der Waals surface area contributed by atoms with Crippen LogP contribution >= 0.6 is 22.9 Å². The van der Waals surface area contributed by atoms with Crippen LogP contribution in [0.1, 0.15) is 27.0 Å². The largest absolute Gasteiger partial charge is 0.487 e. The lowest BCUT2D eigenvalue weighted by atomic mass is 10.1. The number of aromatic nitrogens is 1. The van der Waals surface area contributed by atoms with Crippen molar-refractivity contribution in [3.63, 3.8) is 0 Å². The van der Waals surface area contributed by atoms with E-state index in [1.807, 2.05) is 0 Å². The highest BCUT2D eigenvalue weighted by atomic mass is 35.5. The summed E-state index contributed by atoms with van der Waals surface area (Å²) in [5.74, 6) is -4.88. The number of alkyl halides is 2. The van der Waals surface area contributed by atoms with E-state index < -0.39 is 46.6 Å². The van der Waals surface area contributed by atoms with E-state index in [-0.39, 0.29) is 44.9 Å². The molecule has 1 fully saturated rings. The summed E-state index contributed by atoms with van der Waals surface area (Å²) in [4.78, 5) is 20.0. The van der Waals surface area contributed by atoms with E-state index in [0.29, 0.717) is 21.8 Å². The molecule has 3 heterocycles. The second-order valence-electron chi connectivity index (χ2n) is 10.1. The molecular formula is C29H25ClF4N4O4S2. The molecule has 4 aromatic rings. The van der Waals surface area contributed by atoms with Gasteiger partial charge >= 0.3 is 0 Å². The van der Waals surface area contributed by atoms with Crippen LogP contribution in [0.5, 0.6) is 5.75 Å². The number of sulfonamides is 1. The van der Waals surface area contributed by atoms with Gasteiger partial charge in [-0.1, -0.05) is 11.6 Å². The highest BCUT2D eigenvalue weighted by Gasteiger charge is 2.44. The van der Waals surface area contributed by atoms with E-state index in [0.717, 1.165) is 29.5 Å². The fourth-order valence-electron chi connectivity index (χ4n) is 4.46. The standard InChI is InChI=1S/C29H25ClF4N4O4S2/c1-3-44(40,41)37-22-7-18(30)6-21(9-22)36-28(39)26-11-24(16(2)43-26)27-25(42-13-17-4-19(31)8-20(32)5-17)10-23(12-35-27)38-14-29(33,34)15-38/h4-12,37H,3,13-15H2,1-2H3,(H,36,39). The molecule has 0 atom stereocenters. The number of pyridine rings is 1. The molecule has 232 valence electrons. The fourth-order valence-corrected chi connectivity index (χ4v) is 6.24. The van der Waals surface area contributed by atoms with Crippen molar-refractivity contribution in [2.24, 2.45) is 0 Å². The lowest BCUT2D eigenvalue weighted by Gasteiger charge is -2.40. The first kappa shape index (κ1) is 31.5. The van der Waals surface area contributed by atoms with Gasteiger partial charge in [-0.25, -0.2) is 26.0 Å². The molecule has 0 unspecified atom stereocenters. The first-order valence-corrected chi connectivity index (χ1v) is 16.0. The summed E-state index contributed by atoms with van der Waals surface area (Å²) in [5.41, 5.74) is 1.83. The summed E-state index contributed by atoms with van der Waals surface area (Å²) in [5, 5.41) is 2.90. The zero-order valence-corrected chi connectivity index (χ0v) is 25.6. The number of amides is 1. The summed E-state index contributed by atoms with van der Waals surface area (Å²) >= 11 is 7.29. The molecule has 2 N–H and O–H groups in total. The third-order valence-electron chi connectivity index (χ3n) is 6.57. The first-order valence-electron chi connectivity index (χ1n) is 13.1. The van der Waals surface area contributed by atoms with Crippen LogP contribution in [-0.2, 0) is 16.6 Å². The Labute approximate surface area is 259 Å². The molecule has 2 aromatic heterocycles. The number of carbonyl (C=O) groups is 1. The van der Waals surface area contributed by atoms with Gasteiger partial charge in [-0.15, -0.1) is 11.3 Å². The molecule has 2 aromatic carbocycles. The predicted octanol–water partition coefficient (Wildman–Crippen LogP) is 7.10. The molecule has 0 bridgehead atoms. The summed E-state index contributed by atoms with van der Waals surface area (Å²) in [6, 6.07) is 10.4. The number of hydrogen-bond donors (Lipinski definition) is 2. The van der Waals surface area contributed by atoms with Crippen LogP contribution in [0.2, 0.25) is 5.02 Å². The minimum Gasteiger partial charge on any atom is -0.487 e. The number of rotatable bonds is 10. The van der Waals surface area contributed by atoms with Gasteiger partial charge in [0, 0.05) is 33.3 Å². The van der Waals surface area contributed by atoms with E-state index in [9.17, 15) is 30.8 Å². The number of hydrogen-bond acceptors (Lipinski definition) is 7. The van der Waals surface area contributed by atoms with Gasteiger partial charge in [0.15, 0.2) is 0 Å². The molecule has 15 heteroatoms. The van der Waals surface area contributed by atoms with Crippen LogP contribution in [0.3, 0.4) is 0 Å². The van der Waals surface area contributed by atoms with Gasteiger partial charge in [0.2, 0.25) is 10.0 Å². The second-order valence-corrected chi connectivity index (χ2v) is 13.8. The zero-order chi connectivity index (χ0) is 31.8. The number of ether oxygens (including phenoxy) is 1. The maximum absolute atomic E-state index is 13.8. The third kappa shape index (κ3) is 7.42. The molecule has 1 aliphatic rings. The summed E-state index contributed by atoms with van der Waals surface area (Å²) < 4.78 is 86.9. The first-order chi connectivity index (χ1) is 20.7. The molecule has 44 heavy (non-hydrogen) atoms. The van der Waals surface area contributed by atoms with E-state index >= 15 is 0 Å². The van der Waals surface area contributed by atoms with Gasteiger partial charge in [0.25, 0.3) is 11.8 Å². The number of nitrogens with zero attached hydrogens (tertiary/aromatic N) is 2. The average molecular weight is 669 g/mol. The Kier molecular flexibility index (Phi) is 8.78. The van der Waals surface area contributed by atoms with Crippen LogP contribution in [-0.4, -0.2) is 44.1 Å². The average Bonchev–Trinajstić information content (AvgIpc) is 3.30. The minimum atomic E-state index is -3.58. The SMILES string of the molecule is CCS(=O)(=O)Nc1cc(Cl)cc(NC(=O)c2cc(-c3ncc(N4CC(F)(F)C4)cc3OCc3cc(F)cc(F)c3)c(C)s2)c1. The van der Waals surface area contributed by atoms with E-state index in [2.05, 4.69) is 15.0 Å². The molecule has 1 aliphatic heterocycles. The number of aryl methyl sites for hydroxylation is 1. The van der Waals surface area contributed by atoms with Crippen LogP contribution in [0.4, 0.5) is 34.6 Å². The Morgan fingerprint density at radius 3 is 2.41 bits per heavy atom. The second kappa shape index (κ2) is 12.3. The van der Waals surface area contributed by atoms with Crippen molar-refractivity contribution in [2.75, 3.05) is 33.8 Å². The Hall–Kier alpha value is -3.88. The van der Waals surface area contributed by atoms with E-state index in [1.165, 1.54) is 42.3 Å². The Morgan fingerprint density at radius 1 is 1.07 bits per heavy atom. The predicted molar refractivity (Wildman–Crippen MR) is 163 cm³/mol. The summed E-state index contributed by atoms with van der Waals surface area (Å²) in [7, 11) is -3.58. The van der Waals surface area contributed by atoms with Gasteiger partial charge in [0.05, 0.1) is 41.3 Å². The summed E-state index contributed by atoms with van der Waals surface area (Å²) in [6.07, 6.45) is 1.42. The quantitative estimate of drug-likeness (QED) is 0.175. The lowest BCUT2D eigenvalue weighted by Crippen LogP contribution is -2.56. The zero-order valence-electron chi connectivity index (χ0n) is 23.3. The van der Waals surface area contributed by atoms with Crippen molar-refractivity contribution in [1.29, 1.82) is 0 Å². The van der Waals surface area contributed by atoms with E-state index in [1.54, 1.807) is 13.0 Å². The molecule has 0 radical (unpaired) electrons. The van der Waals surface area contributed by atoms with Gasteiger partial charge in [-0.3, -0.25) is 14.5 Å². The Bertz CT molecular complexity index is 1820. The van der Waals surface area contributed by atoms with Crippen LogP contribution in [0.15, 0.2) is 54.7 Å². The van der Waals surface area contributed by atoms with Crippen LogP contribution in [0.25, 0.3) is 11.3 Å². The number of anilines is 3.